The zero-order valence-corrected chi connectivity index (χ0v) is 12.6. The first-order valence-electron chi connectivity index (χ1n) is 7.33. The highest BCUT2D eigenvalue weighted by molar-refractivity contribution is 6.23. The fourth-order valence-corrected chi connectivity index (χ4v) is 3.84. The number of rotatable bonds is 2. The standard InChI is InChI=1S/C16H14N2O5/c1-8-3-4-9(7-10(8)18(21)22)17-14(19)12-11-5-6-16(2,23-11)13(12)15(17)20/h3-7,11-13H,1-2H3/t11-,12-,13+,16+/m0/s1. The Morgan fingerprint density at radius 1 is 1.30 bits per heavy atom. The van der Waals surface area contributed by atoms with Gasteiger partial charge in [-0.1, -0.05) is 18.2 Å². The summed E-state index contributed by atoms with van der Waals surface area (Å²) in [6.07, 6.45) is 3.24. The van der Waals surface area contributed by atoms with Crippen LogP contribution in [-0.4, -0.2) is 28.4 Å². The van der Waals surface area contributed by atoms with Gasteiger partial charge in [0.25, 0.3) is 5.69 Å². The molecule has 2 amide bonds. The van der Waals surface area contributed by atoms with Gasteiger partial charge >= 0.3 is 0 Å². The largest absolute Gasteiger partial charge is 0.362 e. The Morgan fingerprint density at radius 3 is 2.70 bits per heavy atom. The molecule has 0 N–H and O–H groups in total. The molecule has 4 atom stereocenters. The lowest BCUT2D eigenvalue weighted by molar-refractivity contribution is -0.385. The Labute approximate surface area is 131 Å². The molecule has 0 radical (unpaired) electrons. The van der Waals surface area contributed by atoms with E-state index in [0.29, 0.717) is 5.56 Å². The van der Waals surface area contributed by atoms with E-state index in [2.05, 4.69) is 0 Å². The summed E-state index contributed by atoms with van der Waals surface area (Å²) in [6, 6.07) is 4.40. The van der Waals surface area contributed by atoms with Crippen molar-refractivity contribution in [1.82, 2.24) is 0 Å². The fraction of sp³-hybridized carbons (Fsp3) is 0.375. The Kier molecular flexibility index (Phi) is 2.61. The summed E-state index contributed by atoms with van der Waals surface area (Å²) in [5, 5.41) is 11.1. The molecule has 7 nitrogen and oxygen atoms in total. The summed E-state index contributed by atoms with van der Waals surface area (Å²) < 4.78 is 5.75. The molecule has 1 aromatic rings. The van der Waals surface area contributed by atoms with E-state index in [1.807, 2.05) is 12.2 Å². The van der Waals surface area contributed by atoms with Gasteiger partial charge in [-0.2, -0.15) is 0 Å². The third kappa shape index (κ3) is 1.68. The summed E-state index contributed by atoms with van der Waals surface area (Å²) in [6.45, 7) is 3.41. The van der Waals surface area contributed by atoms with Gasteiger partial charge in [0.2, 0.25) is 11.8 Å². The number of imide groups is 1. The number of benzene rings is 1. The number of amides is 2. The fourth-order valence-electron chi connectivity index (χ4n) is 3.84. The van der Waals surface area contributed by atoms with E-state index in [1.54, 1.807) is 26.0 Å². The summed E-state index contributed by atoms with van der Waals surface area (Å²) in [4.78, 5) is 37.2. The van der Waals surface area contributed by atoms with Gasteiger partial charge < -0.3 is 4.74 Å². The van der Waals surface area contributed by atoms with Crippen LogP contribution in [0.5, 0.6) is 0 Å². The molecule has 0 aromatic heterocycles. The Balaban J connectivity index is 1.78. The highest BCUT2D eigenvalue weighted by Crippen LogP contribution is 2.52. The number of carbonyl (C=O) groups excluding carboxylic acids is 2. The second kappa shape index (κ2) is 4.26. The van der Waals surface area contributed by atoms with Crippen molar-refractivity contribution in [3.63, 3.8) is 0 Å². The van der Waals surface area contributed by atoms with Crippen LogP contribution in [0.3, 0.4) is 0 Å². The van der Waals surface area contributed by atoms with E-state index in [9.17, 15) is 19.7 Å². The predicted octanol–water partition coefficient (Wildman–Crippen LogP) is 1.74. The first-order valence-corrected chi connectivity index (χ1v) is 7.33. The molecule has 23 heavy (non-hydrogen) atoms. The van der Waals surface area contributed by atoms with Crippen LogP contribution in [0, 0.1) is 28.9 Å². The maximum Gasteiger partial charge on any atom is 0.274 e. The van der Waals surface area contributed by atoms with Crippen molar-refractivity contribution in [3.05, 3.63) is 46.0 Å². The molecule has 4 rings (SSSR count). The van der Waals surface area contributed by atoms with Gasteiger partial charge in [0.1, 0.15) is 0 Å². The van der Waals surface area contributed by atoms with E-state index < -0.39 is 28.5 Å². The van der Waals surface area contributed by atoms with Crippen LogP contribution in [0.15, 0.2) is 30.4 Å². The number of carbonyl (C=O) groups is 2. The van der Waals surface area contributed by atoms with Crippen molar-refractivity contribution >= 4 is 23.2 Å². The predicted molar refractivity (Wildman–Crippen MR) is 79.7 cm³/mol. The Hall–Kier alpha value is -2.54. The SMILES string of the molecule is Cc1ccc(N2C(=O)[C@H]3[C@@H]4C=C[C@@](C)(O4)[C@H]3C2=O)cc1[N+](=O)[O-]. The second-order valence-corrected chi connectivity index (χ2v) is 6.37. The molecule has 1 aromatic carbocycles. The van der Waals surface area contributed by atoms with Crippen LogP contribution < -0.4 is 4.90 Å². The van der Waals surface area contributed by atoms with Crippen LogP contribution in [0.25, 0.3) is 0 Å². The molecule has 2 bridgehead atoms. The number of nitrogens with zero attached hydrogens (tertiary/aromatic N) is 2. The van der Waals surface area contributed by atoms with Gasteiger partial charge in [-0.05, 0) is 19.9 Å². The summed E-state index contributed by atoms with van der Waals surface area (Å²) in [5.74, 6) is -1.81. The molecule has 0 unspecified atom stereocenters. The van der Waals surface area contributed by atoms with Crippen molar-refractivity contribution < 1.29 is 19.2 Å². The van der Waals surface area contributed by atoms with Crippen molar-refractivity contribution in [1.29, 1.82) is 0 Å². The van der Waals surface area contributed by atoms with E-state index in [1.165, 1.54) is 6.07 Å². The molecule has 3 aliphatic heterocycles. The molecular weight excluding hydrogens is 300 g/mol. The van der Waals surface area contributed by atoms with E-state index in [4.69, 9.17) is 4.74 Å². The number of hydrogen-bond donors (Lipinski definition) is 0. The third-order valence-electron chi connectivity index (χ3n) is 4.98. The highest BCUT2D eigenvalue weighted by atomic mass is 16.6. The maximum atomic E-state index is 12.8. The number of anilines is 1. The molecule has 3 heterocycles. The lowest BCUT2D eigenvalue weighted by Crippen LogP contribution is -2.38. The number of ether oxygens (including phenoxy) is 1. The smallest absolute Gasteiger partial charge is 0.274 e. The van der Waals surface area contributed by atoms with Gasteiger partial charge in [0.15, 0.2) is 0 Å². The van der Waals surface area contributed by atoms with Gasteiger partial charge in [-0.15, -0.1) is 0 Å². The van der Waals surface area contributed by atoms with E-state index in [0.717, 1.165) is 4.90 Å². The summed E-state index contributed by atoms with van der Waals surface area (Å²) in [7, 11) is 0. The lowest BCUT2D eigenvalue weighted by Gasteiger charge is -2.24. The zero-order valence-electron chi connectivity index (χ0n) is 12.6. The van der Waals surface area contributed by atoms with E-state index >= 15 is 0 Å². The van der Waals surface area contributed by atoms with Gasteiger partial charge in [0, 0.05) is 11.6 Å². The first-order chi connectivity index (χ1) is 10.8. The topological polar surface area (TPSA) is 89.8 Å². The minimum absolute atomic E-state index is 0.108. The van der Waals surface area contributed by atoms with Crippen molar-refractivity contribution in [2.45, 2.75) is 25.6 Å². The molecule has 2 fully saturated rings. The third-order valence-corrected chi connectivity index (χ3v) is 4.98. The summed E-state index contributed by atoms with van der Waals surface area (Å²) >= 11 is 0. The van der Waals surface area contributed by atoms with Crippen LogP contribution in [0.1, 0.15) is 12.5 Å². The number of nitro groups is 1. The number of nitro benzene ring substituents is 1. The van der Waals surface area contributed by atoms with Crippen LogP contribution >= 0.6 is 0 Å². The number of fused-ring (bicyclic) bond motifs is 5. The maximum absolute atomic E-state index is 12.8. The highest BCUT2D eigenvalue weighted by Gasteiger charge is 2.66. The van der Waals surface area contributed by atoms with Crippen LogP contribution in [0.2, 0.25) is 0 Å². The molecule has 3 aliphatic rings. The first kappa shape index (κ1) is 14.1. The number of aryl methyl sites for hydroxylation is 1. The van der Waals surface area contributed by atoms with Gasteiger partial charge in [0.05, 0.1) is 34.2 Å². The average Bonchev–Trinajstić information content (AvgIpc) is 3.09. The quantitative estimate of drug-likeness (QED) is 0.359. The Bertz CT molecular complexity index is 802. The Morgan fingerprint density at radius 2 is 2.04 bits per heavy atom. The molecule has 0 saturated carbocycles. The zero-order chi connectivity index (χ0) is 16.5. The number of hydrogen-bond acceptors (Lipinski definition) is 5. The van der Waals surface area contributed by atoms with Crippen molar-refractivity contribution in [3.8, 4) is 0 Å². The van der Waals surface area contributed by atoms with Gasteiger partial charge in [-0.3, -0.25) is 19.7 Å². The van der Waals surface area contributed by atoms with Crippen molar-refractivity contribution in [2.75, 3.05) is 4.90 Å². The minimum Gasteiger partial charge on any atom is -0.362 e. The summed E-state index contributed by atoms with van der Waals surface area (Å²) in [5.41, 5.74) is -0.151. The normalized spacial score (nSPS) is 34.3. The van der Waals surface area contributed by atoms with Crippen molar-refractivity contribution in [2.24, 2.45) is 11.8 Å². The molecule has 2 saturated heterocycles. The van der Waals surface area contributed by atoms with Gasteiger partial charge in [-0.25, -0.2) is 4.90 Å². The minimum atomic E-state index is -0.770. The van der Waals surface area contributed by atoms with E-state index in [-0.39, 0.29) is 23.2 Å². The second-order valence-electron chi connectivity index (χ2n) is 6.37. The average molecular weight is 314 g/mol. The monoisotopic (exact) mass is 314 g/mol. The molecule has 118 valence electrons. The van der Waals surface area contributed by atoms with Crippen LogP contribution in [-0.2, 0) is 14.3 Å². The molecular formula is C16H14N2O5. The lowest BCUT2D eigenvalue weighted by atomic mass is 9.78. The molecule has 7 heteroatoms. The molecule has 0 aliphatic carbocycles. The molecule has 0 spiro atoms. The van der Waals surface area contributed by atoms with Crippen LogP contribution in [0.4, 0.5) is 11.4 Å².